The number of halogens is 2. The van der Waals surface area contributed by atoms with Gasteiger partial charge in [0, 0.05) is 56.0 Å². The summed E-state index contributed by atoms with van der Waals surface area (Å²) < 4.78 is 19.6. The third kappa shape index (κ3) is 4.66. The van der Waals surface area contributed by atoms with Crippen LogP contribution in [0.4, 0.5) is 10.1 Å². The number of imidazole rings is 1. The highest BCUT2D eigenvalue weighted by molar-refractivity contribution is 6.32. The lowest BCUT2D eigenvalue weighted by atomic mass is 10.1. The summed E-state index contributed by atoms with van der Waals surface area (Å²) in [4.78, 5) is 29.2. The quantitative estimate of drug-likeness (QED) is 0.420. The number of aromatic nitrogens is 5. The molecule has 182 valence electrons. The van der Waals surface area contributed by atoms with Gasteiger partial charge in [0.2, 0.25) is 5.91 Å². The molecule has 1 aliphatic heterocycles. The van der Waals surface area contributed by atoms with Gasteiger partial charge in [-0.05, 0) is 31.2 Å². The standard InChI is InChI=1S/C24H25ClFN7O2/c1-16-14-31(17-4-5-19(25)20(13-17)35-12-6-26)10-11-32(16)21(34)15-33-24-18(3-2-7-29-24)22(30-33)23-27-8-9-28-23/h2-5,7-9,13,16H,6,10-12,14-15H2,1H3,(H,27,28). The number of piperazine rings is 1. The van der Waals surface area contributed by atoms with Crippen LogP contribution < -0.4 is 9.64 Å². The van der Waals surface area contributed by atoms with E-state index >= 15 is 0 Å². The Bertz CT molecular complexity index is 1330. The summed E-state index contributed by atoms with van der Waals surface area (Å²) >= 11 is 6.18. The number of carbonyl (C=O) groups is 1. The molecule has 0 radical (unpaired) electrons. The number of rotatable bonds is 7. The van der Waals surface area contributed by atoms with E-state index in [2.05, 4.69) is 25.0 Å². The number of benzene rings is 1. The van der Waals surface area contributed by atoms with Crippen molar-refractivity contribution in [2.24, 2.45) is 0 Å². The number of nitrogens with zero attached hydrogens (tertiary/aromatic N) is 6. The molecule has 1 aliphatic rings. The van der Waals surface area contributed by atoms with E-state index in [4.69, 9.17) is 16.3 Å². The molecule has 11 heteroatoms. The van der Waals surface area contributed by atoms with Gasteiger partial charge in [0.25, 0.3) is 0 Å². The maximum atomic E-state index is 13.3. The zero-order chi connectivity index (χ0) is 24.4. The molecule has 1 amide bonds. The number of fused-ring (bicyclic) bond motifs is 1. The minimum absolute atomic E-state index is 0.0264. The van der Waals surface area contributed by atoms with Crippen LogP contribution >= 0.6 is 11.6 Å². The second-order valence-electron chi connectivity index (χ2n) is 8.35. The lowest BCUT2D eigenvalue weighted by Gasteiger charge is -2.41. The summed E-state index contributed by atoms with van der Waals surface area (Å²) in [6, 6.07) is 9.22. The second kappa shape index (κ2) is 9.91. The molecule has 0 aliphatic carbocycles. The first-order valence-corrected chi connectivity index (χ1v) is 11.8. The fourth-order valence-electron chi connectivity index (χ4n) is 4.42. The van der Waals surface area contributed by atoms with Crippen molar-refractivity contribution in [3.05, 3.63) is 53.9 Å². The summed E-state index contributed by atoms with van der Waals surface area (Å²) in [5.74, 6) is 1.06. The smallest absolute Gasteiger partial charge is 0.244 e. The van der Waals surface area contributed by atoms with Crippen molar-refractivity contribution in [3.8, 4) is 17.3 Å². The fraction of sp³-hybridized carbons (Fsp3) is 0.333. The van der Waals surface area contributed by atoms with Gasteiger partial charge in [-0.1, -0.05) is 11.6 Å². The molecule has 1 saturated heterocycles. The van der Waals surface area contributed by atoms with E-state index in [0.29, 0.717) is 47.6 Å². The van der Waals surface area contributed by atoms with Crippen molar-refractivity contribution < 1.29 is 13.9 Å². The Balaban J connectivity index is 1.30. The number of anilines is 1. The Labute approximate surface area is 206 Å². The van der Waals surface area contributed by atoms with E-state index < -0.39 is 6.67 Å². The van der Waals surface area contributed by atoms with Gasteiger partial charge in [0.05, 0.1) is 10.4 Å². The summed E-state index contributed by atoms with van der Waals surface area (Å²) in [7, 11) is 0. The first-order valence-electron chi connectivity index (χ1n) is 11.4. The Kier molecular flexibility index (Phi) is 6.54. The van der Waals surface area contributed by atoms with Gasteiger partial charge in [0.1, 0.15) is 31.3 Å². The fourth-order valence-corrected chi connectivity index (χ4v) is 4.59. The van der Waals surface area contributed by atoms with Crippen molar-refractivity contribution in [1.29, 1.82) is 0 Å². The van der Waals surface area contributed by atoms with Crippen LogP contribution in [-0.4, -0.2) is 74.5 Å². The van der Waals surface area contributed by atoms with Gasteiger partial charge < -0.3 is 19.5 Å². The number of alkyl halides is 1. The van der Waals surface area contributed by atoms with Crippen molar-refractivity contribution in [2.45, 2.75) is 19.5 Å². The van der Waals surface area contributed by atoms with Crippen molar-refractivity contribution in [1.82, 2.24) is 29.6 Å². The summed E-state index contributed by atoms with van der Waals surface area (Å²) in [6.07, 6.45) is 5.09. The van der Waals surface area contributed by atoms with E-state index in [0.717, 1.165) is 11.1 Å². The molecule has 0 spiro atoms. The van der Waals surface area contributed by atoms with Gasteiger partial charge in [-0.2, -0.15) is 5.10 Å². The molecule has 1 unspecified atom stereocenters. The molecule has 1 atom stereocenters. The molecule has 3 aromatic heterocycles. The van der Waals surface area contributed by atoms with Crippen LogP contribution in [-0.2, 0) is 11.3 Å². The molecule has 4 heterocycles. The predicted octanol–water partition coefficient (Wildman–Crippen LogP) is 3.56. The number of nitrogens with one attached hydrogen (secondary N) is 1. The largest absolute Gasteiger partial charge is 0.489 e. The first kappa shape index (κ1) is 23.1. The number of carbonyl (C=O) groups excluding carboxylic acids is 1. The monoisotopic (exact) mass is 497 g/mol. The third-order valence-electron chi connectivity index (χ3n) is 6.08. The maximum Gasteiger partial charge on any atom is 0.244 e. The first-order chi connectivity index (χ1) is 17.0. The molecule has 1 N–H and O–H groups in total. The average Bonchev–Trinajstić information content (AvgIpc) is 3.52. The zero-order valence-electron chi connectivity index (χ0n) is 19.2. The summed E-state index contributed by atoms with van der Waals surface area (Å²) in [6.45, 7) is 3.33. The lowest BCUT2D eigenvalue weighted by Crippen LogP contribution is -2.54. The molecule has 1 fully saturated rings. The molecular weight excluding hydrogens is 473 g/mol. The molecule has 9 nitrogen and oxygen atoms in total. The van der Waals surface area contributed by atoms with E-state index in [-0.39, 0.29) is 25.1 Å². The van der Waals surface area contributed by atoms with E-state index in [1.54, 1.807) is 29.3 Å². The number of amides is 1. The highest BCUT2D eigenvalue weighted by Crippen LogP contribution is 2.31. The Morgan fingerprint density at radius 3 is 2.91 bits per heavy atom. The van der Waals surface area contributed by atoms with Gasteiger partial charge >= 0.3 is 0 Å². The minimum Gasteiger partial charge on any atom is -0.489 e. The minimum atomic E-state index is -0.581. The van der Waals surface area contributed by atoms with Gasteiger partial charge in [-0.25, -0.2) is 19.0 Å². The molecular formula is C24H25ClFN7O2. The second-order valence-corrected chi connectivity index (χ2v) is 8.76. The highest BCUT2D eigenvalue weighted by atomic mass is 35.5. The molecule has 5 rings (SSSR count). The van der Waals surface area contributed by atoms with Crippen LogP contribution in [0.1, 0.15) is 6.92 Å². The number of ether oxygens (including phenoxy) is 1. The van der Waals surface area contributed by atoms with E-state index in [1.807, 2.05) is 36.1 Å². The Morgan fingerprint density at radius 1 is 1.26 bits per heavy atom. The van der Waals surface area contributed by atoms with Gasteiger partial charge in [-0.15, -0.1) is 0 Å². The lowest BCUT2D eigenvalue weighted by molar-refractivity contribution is -0.134. The van der Waals surface area contributed by atoms with Crippen LogP contribution in [0.25, 0.3) is 22.6 Å². The van der Waals surface area contributed by atoms with Crippen molar-refractivity contribution in [3.63, 3.8) is 0 Å². The topological polar surface area (TPSA) is 92.2 Å². The van der Waals surface area contributed by atoms with Crippen molar-refractivity contribution in [2.75, 3.05) is 37.8 Å². The van der Waals surface area contributed by atoms with E-state index in [9.17, 15) is 9.18 Å². The number of pyridine rings is 1. The molecule has 0 saturated carbocycles. The summed E-state index contributed by atoms with van der Waals surface area (Å²) in [5.41, 5.74) is 2.23. The summed E-state index contributed by atoms with van der Waals surface area (Å²) in [5, 5.41) is 5.92. The van der Waals surface area contributed by atoms with Crippen LogP contribution in [0.2, 0.25) is 5.02 Å². The maximum absolute atomic E-state index is 13.3. The average molecular weight is 498 g/mol. The number of H-pyrrole nitrogens is 1. The number of aromatic amines is 1. The molecule has 0 bridgehead atoms. The van der Waals surface area contributed by atoms with E-state index in [1.165, 1.54) is 0 Å². The highest BCUT2D eigenvalue weighted by Gasteiger charge is 2.29. The van der Waals surface area contributed by atoms with Crippen LogP contribution in [0.3, 0.4) is 0 Å². The normalized spacial score (nSPS) is 16.1. The SMILES string of the molecule is CC1CN(c2ccc(Cl)c(OCCF)c2)CCN1C(=O)Cn1nc(-c2ncc[nH]2)c2cccnc21. The number of hydrogen-bond donors (Lipinski definition) is 1. The van der Waals surface area contributed by atoms with Crippen LogP contribution in [0.15, 0.2) is 48.9 Å². The molecule has 4 aromatic rings. The van der Waals surface area contributed by atoms with Gasteiger partial charge in [0.15, 0.2) is 11.5 Å². The Hall–Kier alpha value is -3.66. The molecule has 35 heavy (non-hydrogen) atoms. The Morgan fingerprint density at radius 2 is 2.14 bits per heavy atom. The van der Waals surface area contributed by atoms with Gasteiger partial charge in [-0.3, -0.25) is 4.79 Å². The third-order valence-corrected chi connectivity index (χ3v) is 6.39. The van der Waals surface area contributed by atoms with Crippen molar-refractivity contribution >= 4 is 34.2 Å². The molecule has 1 aromatic carbocycles. The van der Waals surface area contributed by atoms with Crippen LogP contribution in [0, 0.1) is 0 Å². The zero-order valence-corrected chi connectivity index (χ0v) is 20.0. The van der Waals surface area contributed by atoms with Crippen LogP contribution in [0.5, 0.6) is 5.75 Å². The predicted molar refractivity (Wildman–Crippen MR) is 131 cm³/mol. The number of hydrogen-bond acceptors (Lipinski definition) is 6.